The van der Waals surface area contributed by atoms with Gasteiger partial charge in [0.25, 0.3) is 0 Å². The molecule has 0 heterocycles. The first-order valence-corrected chi connectivity index (χ1v) is 5.79. The van der Waals surface area contributed by atoms with Crippen LogP contribution in [0.2, 0.25) is 0 Å². The third-order valence-corrected chi connectivity index (χ3v) is 3.21. The van der Waals surface area contributed by atoms with Gasteiger partial charge in [0.2, 0.25) is 0 Å². The first-order valence-electron chi connectivity index (χ1n) is 4.63. The number of aliphatic carboxylic acids is 1. The fourth-order valence-corrected chi connectivity index (χ4v) is 1.81. The van der Waals surface area contributed by atoms with Gasteiger partial charge in [-0.2, -0.15) is 11.8 Å². The summed E-state index contributed by atoms with van der Waals surface area (Å²) >= 11 is 1.54. The molecular weight excluding hydrogens is 212 g/mol. The Balaban J connectivity index is 3.89. The van der Waals surface area contributed by atoms with Crippen molar-refractivity contribution < 1.29 is 9.90 Å². The van der Waals surface area contributed by atoms with Gasteiger partial charge in [-0.25, -0.2) is 0 Å². The Morgan fingerprint density at radius 2 is 2.33 bits per heavy atom. The quantitative estimate of drug-likeness (QED) is 0.300. The number of carboxylic acid groups (broad SMARTS) is 1. The van der Waals surface area contributed by atoms with Crippen molar-refractivity contribution >= 4 is 23.6 Å². The number of carboxylic acids is 1. The third kappa shape index (κ3) is 5.47. The van der Waals surface area contributed by atoms with Gasteiger partial charge in [-0.15, -0.1) is 6.58 Å². The van der Waals surface area contributed by atoms with Gasteiger partial charge in [0, 0.05) is 18.1 Å². The fourth-order valence-electron chi connectivity index (χ4n) is 0.779. The van der Waals surface area contributed by atoms with Crippen LogP contribution in [0.25, 0.3) is 0 Å². The molecule has 0 amide bonds. The molecule has 86 valence electrons. The molecule has 0 aliphatic heterocycles. The van der Waals surface area contributed by atoms with Crippen molar-refractivity contribution in [2.45, 2.75) is 13.8 Å². The van der Waals surface area contributed by atoms with Gasteiger partial charge in [0.15, 0.2) is 0 Å². The molecule has 4 nitrogen and oxygen atoms in total. The molecule has 3 N–H and O–H groups in total. The molecule has 0 aromatic heterocycles. The van der Waals surface area contributed by atoms with Crippen molar-refractivity contribution in [3.63, 3.8) is 0 Å². The molecule has 0 spiro atoms. The minimum Gasteiger partial charge on any atom is -0.481 e. The molecule has 1 atom stereocenters. The molecule has 0 saturated carbocycles. The van der Waals surface area contributed by atoms with Gasteiger partial charge in [-0.1, -0.05) is 6.08 Å². The Bertz CT molecular complexity index is 262. The van der Waals surface area contributed by atoms with Gasteiger partial charge in [0.05, 0.1) is 11.3 Å². The second kappa shape index (κ2) is 6.50. The molecule has 0 fully saturated rings. The van der Waals surface area contributed by atoms with Crippen molar-refractivity contribution in [1.29, 1.82) is 0 Å². The summed E-state index contributed by atoms with van der Waals surface area (Å²) in [5.74, 6) is 0.986. The number of amidine groups is 1. The second-order valence-corrected chi connectivity index (χ2v) is 4.61. The molecular formula is C10H18N2O2S. The smallest absolute Gasteiger partial charge is 0.314 e. The lowest BCUT2D eigenvalue weighted by Gasteiger charge is -2.19. The molecule has 0 aliphatic rings. The largest absolute Gasteiger partial charge is 0.481 e. The highest BCUT2D eigenvalue weighted by atomic mass is 32.2. The number of aliphatic imine (C=N–C) groups is 1. The van der Waals surface area contributed by atoms with Crippen molar-refractivity contribution in [3.8, 4) is 0 Å². The van der Waals surface area contributed by atoms with Gasteiger partial charge < -0.3 is 10.8 Å². The fraction of sp³-hybridized carbons (Fsp3) is 0.600. The summed E-state index contributed by atoms with van der Waals surface area (Å²) in [6.45, 7) is 7.56. The van der Waals surface area contributed by atoms with Crippen LogP contribution in [-0.4, -0.2) is 35.0 Å². The van der Waals surface area contributed by atoms with Crippen LogP contribution >= 0.6 is 11.8 Å². The number of hydrogen-bond donors (Lipinski definition) is 2. The maximum Gasteiger partial charge on any atom is 0.314 e. The second-order valence-electron chi connectivity index (χ2n) is 3.50. The van der Waals surface area contributed by atoms with Crippen LogP contribution in [0.5, 0.6) is 0 Å². The van der Waals surface area contributed by atoms with E-state index in [1.165, 1.54) is 6.08 Å². The first kappa shape index (κ1) is 14.0. The average molecular weight is 230 g/mol. The van der Waals surface area contributed by atoms with E-state index in [0.717, 1.165) is 5.75 Å². The van der Waals surface area contributed by atoms with Gasteiger partial charge >= 0.3 is 5.97 Å². The van der Waals surface area contributed by atoms with Crippen LogP contribution in [0.1, 0.15) is 13.8 Å². The van der Waals surface area contributed by atoms with Gasteiger partial charge in [0.1, 0.15) is 0 Å². The zero-order valence-electron chi connectivity index (χ0n) is 9.19. The van der Waals surface area contributed by atoms with E-state index in [1.54, 1.807) is 25.6 Å². The van der Waals surface area contributed by atoms with E-state index in [1.807, 2.05) is 0 Å². The van der Waals surface area contributed by atoms with Crippen LogP contribution in [0.15, 0.2) is 17.6 Å². The zero-order chi connectivity index (χ0) is 11.9. The molecule has 15 heavy (non-hydrogen) atoms. The summed E-state index contributed by atoms with van der Waals surface area (Å²) in [4.78, 5) is 14.9. The van der Waals surface area contributed by atoms with Crippen molar-refractivity contribution in [1.82, 2.24) is 0 Å². The Morgan fingerprint density at radius 3 is 2.73 bits per heavy atom. The predicted octanol–water partition coefficient (Wildman–Crippen LogP) is 1.37. The molecule has 0 rings (SSSR count). The monoisotopic (exact) mass is 230 g/mol. The van der Waals surface area contributed by atoms with Crippen molar-refractivity contribution in [2.24, 2.45) is 16.1 Å². The number of carbonyl (C=O) groups is 1. The average Bonchev–Trinajstić information content (AvgIpc) is 2.16. The van der Waals surface area contributed by atoms with E-state index in [2.05, 4.69) is 11.6 Å². The summed E-state index contributed by atoms with van der Waals surface area (Å²) in [6.07, 6.45) is 1.47. The van der Waals surface area contributed by atoms with Crippen LogP contribution in [0.3, 0.4) is 0 Å². The molecule has 0 saturated heterocycles. The molecule has 5 heteroatoms. The minimum atomic E-state index is -0.855. The van der Waals surface area contributed by atoms with Gasteiger partial charge in [-0.3, -0.25) is 9.79 Å². The lowest BCUT2D eigenvalue weighted by atomic mass is 9.94. The highest BCUT2D eigenvalue weighted by Crippen LogP contribution is 2.23. The van der Waals surface area contributed by atoms with Crippen LogP contribution in [-0.2, 0) is 4.79 Å². The van der Waals surface area contributed by atoms with E-state index in [9.17, 15) is 4.79 Å². The molecule has 0 bridgehead atoms. The summed E-state index contributed by atoms with van der Waals surface area (Å²) in [5, 5.41) is 8.95. The molecule has 0 aromatic carbocycles. The third-order valence-electron chi connectivity index (χ3n) is 1.94. The van der Waals surface area contributed by atoms with Crippen LogP contribution < -0.4 is 5.73 Å². The summed E-state index contributed by atoms with van der Waals surface area (Å²) in [7, 11) is 0. The predicted molar refractivity (Wildman–Crippen MR) is 65.4 cm³/mol. The number of nitrogens with two attached hydrogens (primary N) is 1. The summed E-state index contributed by atoms with van der Waals surface area (Å²) < 4.78 is 0. The highest BCUT2D eigenvalue weighted by molar-refractivity contribution is 7.99. The first-order chi connectivity index (χ1) is 6.92. The Kier molecular flexibility index (Phi) is 6.08. The standard InChI is InChI=1S/C10H18N2O2S/c1-4-10(3,9(13)14)7-15-6-5-12-8(2)11/h4H,1,5-7H2,2-3H3,(H2,11,12)(H,13,14)/t10-/m0/s1. The Labute approximate surface area is 94.6 Å². The maximum absolute atomic E-state index is 10.9. The number of thioether (sulfide) groups is 1. The van der Waals surface area contributed by atoms with E-state index in [0.29, 0.717) is 18.1 Å². The lowest BCUT2D eigenvalue weighted by molar-refractivity contribution is -0.143. The topological polar surface area (TPSA) is 75.7 Å². The van der Waals surface area contributed by atoms with E-state index >= 15 is 0 Å². The molecule has 0 unspecified atom stereocenters. The van der Waals surface area contributed by atoms with Crippen LogP contribution in [0.4, 0.5) is 0 Å². The molecule has 0 radical (unpaired) electrons. The van der Waals surface area contributed by atoms with Gasteiger partial charge in [-0.05, 0) is 13.8 Å². The number of nitrogens with zero attached hydrogens (tertiary/aromatic N) is 1. The maximum atomic E-state index is 10.9. The normalized spacial score (nSPS) is 15.7. The van der Waals surface area contributed by atoms with E-state index in [-0.39, 0.29) is 0 Å². The molecule has 0 aliphatic carbocycles. The summed E-state index contributed by atoms with van der Waals surface area (Å²) in [5.41, 5.74) is 4.51. The van der Waals surface area contributed by atoms with Crippen LogP contribution in [0, 0.1) is 5.41 Å². The summed E-state index contributed by atoms with van der Waals surface area (Å²) in [6, 6.07) is 0. The Hall–Kier alpha value is -0.970. The van der Waals surface area contributed by atoms with Crippen molar-refractivity contribution in [2.75, 3.05) is 18.1 Å². The van der Waals surface area contributed by atoms with E-state index < -0.39 is 11.4 Å². The Morgan fingerprint density at radius 1 is 1.73 bits per heavy atom. The van der Waals surface area contributed by atoms with E-state index in [4.69, 9.17) is 10.8 Å². The number of hydrogen-bond acceptors (Lipinski definition) is 3. The SMILES string of the molecule is C=C[C@@](C)(CSCCN=C(C)N)C(=O)O. The zero-order valence-corrected chi connectivity index (χ0v) is 10.0. The number of rotatable bonds is 7. The highest BCUT2D eigenvalue weighted by Gasteiger charge is 2.28. The minimum absolute atomic E-state index is 0.505. The lowest BCUT2D eigenvalue weighted by Crippen LogP contribution is -2.27. The van der Waals surface area contributed by atoms with Crippen molar-refractivity contribution in [3.05, 3.63) is 12.7 Å². The molecule has 0 aromatic rings.